The van der Waals surface area contributed by atoms with Gasteiger partial charge in [-0.3, -0.25) is 0 Å². The molecule has 0 aromatic carbocycles. The first-order valence-electron chi connectivity index (χ1n) is 4.04. The van der Waals surface area contributed by atoms with Crippen molar-refractivity contribution in [2.75, 3.05) is 19.8 Å². The lowest BCUT2D eigenvalue weighted by molar-refractivity contribution is -0.142. The highest BCUT2D eigenvalue weighted by Crippen LogP contribution is 1.90. The Morgan fingerprint density at radius 1 is 1.42 bits per heavy atom. The molecule has 0 aliphatic carbocycles. The Labute approximate surface area is 72.5 Å². The zero-order valence-corrected chi connectivity index (χ0v) is 7.58. The van der Waals surface area contributed by atoms with Gasteiger partial charge in [0.15, 0.2) is 0 Å². The third-order valence-corrected chi connectivity index (χ3v) is 1.11. The molecule has 0 atom stereocenters. The number of hydrogen-bond donors (Lipinski definition) is 1. The number of hydrogen-bond acceptors (Lipinski definition) is 3. The molecule has 0 aliphatic heterocycles. The van der Waals surface area contributed by atoms with Gasteiger partial charge in [-0.05, 0) is 20.3 Å². The predicted molar refractivity (Wildman–Crippen MR) is 44.2 cm³/mol. The number of carboxylic acid groups (broad SMARTS) is 1. The van der Waals surface area contributed by atoms with Crippen molar-refractivity contribution < 1.29 is 19.4 Å². The van der Waals surface area contributed by atoms with Gasteiger partial charge in [0.1, 0.15) is 6.61 Å². The van der Waals surface area contributed by atoms with Crippen molar-refractivity contribution in [2.24, 2.45) is 0 Å². The molecule has 1 N–H and O–H groups in total. The molecular weight excluding hydrogens is 160 g/mol. The molecule has 0 heterocycles. The van der Waals surface area contributed by atoms with Gasteiger partial charge in [-0.1, -0.05) is 0 Å². The maximum Gasteiger partial charge on any atom is 0.329 e. The number of ether oxygens (including phenoxy) is 2. The summed E-state index contributed by atoms with van der Waals surface area (Å²) in [6.45, 7) is 4.76. The summed E-state index contributed by atoms with van der Waals surface area (Å²) in [5, 5.41) is 8.20. The molecule has 0 radical (unpaired) electrons. The van der Waals surface area contributed by atoms with Crippen molar-refractivity contribution in [1.29, 1.82) is 0 Å². The summed E-state index contributed by atoms with van der Waals surface area (Å²) in [7, 11) is 0. The first kappa shape index (κ1) is 11.4. The molecule has 4 nitrogen and oxygen atoms in total. The van der Waals surface area contributed by atoms with E-state index in [1.54, 1.807) is 0 Å². The van der Waals surface area contributed by atoms with Crippen LogP contribution >= 0.6 is 0 Å². The van der Waals surface area contributed by atoms with Crippen LogP contribution in [0.15, 0.2) is 0 Å². The van der Waals surface area contributed by atoms with Crippen molar-refractivity contribution in [3.05, 3.63) is 0 Å². The maximum absolute atomic E-state index is 9.98. The molecule has 4 heteroatoms. The van der Waals surface area contributed by atoms with Gasteiger partial charge in [0.2, 0.25) is 0 Å². The van der Waals surface area contributed by atoms with Gasteiger partial charge in [-0.25, -0.2) is 4.79 Å². The largest absolute Gasteiger partial charge is 0.480 e. The first-order chi connectivity index (χ1) is 5.63. The molecule has 0 fully saturated rings. The molecule has 72 valence electrons. The fourth-order valence-corrected chi connectivity index (χ4v) is 0.640. The normalized spacial score (nSPS) is 10.6. The Balaban J connectivity index is 2.96. The van der Waals surface area contributed by atoms with E-state index in [-0.39, 0.29) is 12.7 Å². The third-order valence-electron chi connectivity index (χ3n) is 1.11. The zero-order valence-electron chi connectivity index (χ0n) is 7.58. The van der Waals surface area contributed by atoms with Gasteiger partial charge >= 0.3 is 5.97 Å². The fourth-order valence-electron chi connectivity index (χ4n) is 0.640. The fraction of sp³-hybridized carbons (Fsp3) is 0.875. The second kappa shape index (κ2) is 7.06. The van der Waals surface area contributed by atoms with Gasteiger partial charge < -0.3 is 14.6 Å². The Hall–Kier alpha value is -0.610. The van der Waals surface area contributed by atoms with E-state index in [2.05, 4.69) is 0 Å². The molecule has 0 saturated heterocycles. The number of carboxylic acids is 1. The van der Waals surface area contributed by atoms with E-state index in [4.69, 9.17) is 14.6 Å². The SMILES string of the molecule is CC(C)OCCCOCC(=O)O. The molecule has 12 heavy (non-hydrogen) atoms. The number of aliphatic carboxylic acids is 1. The Kier molecular flexibility index (Phi) is 6.70. The molecule has 0 aromatic heterocycles. The van der Waals surface area contributed by atoms with Crippen molar-refractivity contribution in [1.82, 2.24) is 0 Å². The van der Waals surface area contributed by atoms with E-state index < -0.39 is 5.97 Å². The monoisotopic (exact) mass is 176 g/mol. The lowest BCUT2D eigenvalue weighted by Gasteiger charge is -2.06. The van der Waals surface area contributed by atoms with Gasteiger partial charge in [0.25, 0.3) is 0 Å². The highest BCUT2D eigenvalue weighted by atomic mass is 16.5. The zero-order chi connectivity index (χ0) is 9.40. The lowest BCUT2D eigenvalue weighted by Crippen LogP contribution is -2.10. The van der Waals surface area contributed by atoms with E-state index in [1.165, 1.54) is 0 Å². The van der Waals surface area contributed by atoms with Crippen LogP contribution in [0.4, 0.5) is 0 Å². The van der Waals surface area contributed by atoms with E-state index in [0.717, 1.165) is 6.42 Å². The minimum atomic E-state index is -0.931. The maximum atomic E-state index is 9.98. The topological polar surface area (TPSA) is 55.8 Å². The minimum absolute atomic E-state index is 0.221. The van der Waals surface area contributed by atoms with E-state index in [0.29, 0.717) is 13.2 Å². The van der Waals surface area contributed by atoms with E-state index in [1.807, 2.05) is 13.8 Å². The van der Waals surface area contributed by atoms with E-state index >= 15 is 0 Å². The highest BCUT2D eigenvalue weighted by molar-refractivity contribution is 5.67. The van der Waals surface area contributed by atoms with Crippen LogP contribution in [0.5, 0.6) is 0 Å². The van der Waals surface area contributed by atoms with Crippen LogP contribution in [0, 0.1) is 0 Å². The van der Waals surface area contributed by atoms with Crippen LogP contribution in [0.25, 0.3) is 0 Å². The van der Waals surface area contributed by atoms with Crippen LogP contribution in [0.1, 0.15) is 20.3 Å². The average Bonchev–Trinajstić information content (AvgIpc) is 1.95. The third kappa shape index (κ3) is 9.39. The second-order valence-corrected chi connectivity index (χ2v) is 2.72. The van der Waals surface area contributed by atoms with Crippen LogP contribution in [0.3, 0.4) is 0 Å². The molecule has 0 aromatic rings. The smallest absolute Gasteiger partial charge is 0.329 e. The second-order valence-electron chi connectivity index (χ2n) is 2.72. The lowest BCUT2D eigenvalue weighted by atomic mass is 10.4. The molecular formula is C8H16O4. The van der Waals surface area contributed by atoms with Crippen molar-refractivity contribution >= 4 is 5.97 Å². The predicted octanol–water partition coefficient (Wildman–Crippen LogP) is 0.903. The minimum Gasteiger partial charge on any atom is -0.480 e. The quantitative estimate of drug-likeness (QED) is 0.585. The summed E-state index contributed by atoms with van der Waals surface area (Å²) in [4.78, 5) is 9.98. The molecule has 0 bridgehead atoms. The van der Waals surface area contributed by atoms with Crippen molar-refractivity contribution in [2.45, 2.75) is 26.4 Å². The van der Waals surface area contributed by atoms with Crippen LogP contribution < -0.4 is 0 Å². The number of carbonyl (C=O) groups is 1. The summed E-state index contributed by atoms with van der Waals surface area (Å²) < 4.78 is 10.0. The van der Waals surface area contributed by atoms with Crippen LogP contribution in [-0.2, 0) is 14.3 Å². The molecule has 0 saturated carbocycles. The first-order valence-corrected chi connectivity index (χ1v) is 4.04. The summed E-state index contributed by atoms with van der Waals surface area (Å²) in [6.07, 6.45) is 0.968. The van der Waals surface area contributed by atoms with Crippen molar-refractivity contribution in [3.63, 3.8) is 0 Å². The molecule has 0 amide bonds. The molecule has 0 aliphatic rings. The van der Waals surface area contributed by atoms with Gasteiger partial charge in [0.05, 0.1) is 6.10 Å². The van der Waals surface area contributed by atoms with E-state index in [9.17, 15) is 4.79 Å². The summed E-state index contributed by atoms with van der Waals surface area (Å²) >= 11 is 0. The summed E-state index contributed by atoms with van der Waals surface area (Å²) in [5.41, 5.74) is 0. The Morgan fingerprint density at radius 2 is 2.08 bits per heavy atom. The summed E-state index contributed by atoms with van der Waals surface area (Å²) in [6, 6.07) is 0. The molecule has 0 unspecified atom stereocenters. The van der Waals surface area contributed by atoms with Gasteiger partial charge in [-0.2, -0.15) is 0 Å². The summed E-state index contributed by atoms with van der Waals surface area (Å²) in [5.74, 6) is -0.931. The Morgan fingerprint density at radius 3 is 2.58 bits per heavy atom. The molecule has 0 rings (SSSR count). The average molecular weight is 176 g/mol. The van der Waals surface area contributed by atoms with Crippen LogP contribution in [-0.4, -0.2) is 37.0 Å². The van der Waals surface area contributed by atoms with Crippen molar-refractivity contribution in [3.8, 4) is 0 Å². The Bertz CT molecular complexity index is 122. The van der Waals surface area contributed by atoms with Gasteiger partial charge in [-0.15, -0.1) is 0 Å². The molecule has 0 spiro atoms. The van der Waals surface area contributed by atoms with Gasteiger partial charge in [0, 0.05) is 13.2 Å². The highest BCUT2D eigenvalue weighted by Gasteiger charge is 1.96. The van der Waals surface area contributed by atoms with Crippen LogP contribution in [0.2, 0.25) is 0 Å². The standard InChI is InChI=1S/C8H16O4/c1-7(2)12-5-3-4-11-6-8(9)10/h7H,3-6H2,1-2H3,(H,9,10). The number of rotatable bonds is 7.